The molecule has 0 fully saturated rings. The summed E-state index contributed by atoms with van der Waals surface area (Å²) >= 11 is 0. The molecule has 0 saturated carbocycles. The Balaban J connectivity index is 2.53. The van der Waals surface area contributed by atoms with Gasteiger partial charge in [0.1, 0.15) is 11.6 Å². The average molecular weight is 296 g/mol. The van der Waals surface area contributed by atoms with Crippen LogP contribution in [0.5, 0.6) is 0 Å². The molecule has 1 amide bonds. The van der Waals surface area contributed by atoms with E-state index in [4.69, 9.17) is 5.73 Å². The van der Waals surface area contributed by atoms with Crippen LogP contribution in [0.15, 0.2) is 12.1 Å². The SMILES string of the molecule is CC(C(=O)NC(C)(C)C)n1c(N)nc2ccc(F)c(F)c21. The lowest BCUT2D eigenvalue weighted by Gasteiger charge is -2.24. The van der Waals surface area contributed by atoms with Crippen LogP contribution in [0.2, 0.25) is 0 Å². The molecule has 1 aromatic carbocycles. The third-order valence-corrected chi connectivity index (χ3v) is 3.04. The van der Waals surface area contributed by atoms with Crippen molar-refractivity contribution in [2.24, 2.45) is 0 Å². The lowest BCUT2D eigenvalue weighted by atomic mass is 10.1. The van der Waals surface area contributed by atoms with Gasteiger partial charge >= 0.3 is 0 Å². The lowest BCUT2D eigenvalue weighted by Crippen LogP contribution is -2.43. The van der Waals surface area contributed by atoms with Crippen LogP contribution in [0.1, 0.15) is 33.7 Å². The summed E-state index contributed by atoms with van der Waals surface area (Å²) in [6.45, 7) is 7.04. The Labute approximate surface area is 121 Å². The third kappa shape index (κ3) is 2.81. The third-order valence-electron chi connectivity index (χ3n) is 3.04. The first-order chi connectivity index (χ1) is 9.61. The van der Waals surface area contributed by atoms with Crippen LogP contribution in [0.25, 0.3) is 11.0 Å². The molecule has 21 heavy (non-hydrogen) atoms. The predicted octanol–water partition coefficient (Wildman–Crippen LogP) is 2.37. The normalized spacial score (nSPS) is 13.4. The highest BCUT2D eigenvalue weighted by atomic mass is 19.2. The summed E-state index contributed by atoms with van der Waals surface area (Å²) in [6, 6.07) is 1.49. The number of nitrogens with two attached hydrogens (primary N) is 1. The Morgan fingerprint density at radius 3 is 2.57 bits per heavy atom. The first-order valence-corrected chi connectivity index (χ1v) is 6.55. The van der Waals surface area contributed by atoms with Gasteiger partial charge in [-0.15, -0.1) is 0 Å². The van der Waals surface area contributed by atoms with Crippen molar-refractivity contribution in [1.29, 1.82) is 0 Å². The van der Waals surface area contributed by atoms with Crippen molar-refractivity contribution < 1.29 is 13.6 Å². The second-order valence-corrected chi connectivity index (χ2v) is 5.98. The van der Waals surface area contributed by atoms with E-state index in [1.165, 1.54) is 10.6 Å². The second-order valence-electron chi connectivity index (χ2n) is 5.98. The predicted molar refractivity (Wildman–Crippen MR) is 76.7 cm³/mol. The maximum Gasteiger partial charge on any atom is 0.243 e. The van der Waals surface area contributed by atoms with E-state index in [1.54, 1.807) is 6.92 Å². The zero-order chi connectivity index (χ0) is 15.9. The second kappa shape index (κ2) is 4.98. The summed E-state index contributed by atoms with van der Waals surface area (Å²) in [5.41, 5.74) is 5.42. The van der Waals surface area contributed by atoms with Gasteiger partial charge in [-0.3, -0.25) is 9.36 Å². The number of nitrogen functional groups attached to an aromatic ring is 1. The van der Waals surface area contributed by atoms with Gasteiger partial charge in [-0.25, -0.2) is 13.8 Å². The highest BCUT2D eigenvalue weighted by molar-refractivity contribution is 5.86. The molecule has 0 saturated heterocycles. The number of hydrogen-bond donors (Lipinski definition) is 2. The number of halogens is 2. The van der Waals surface area contributed by atoms with Gasteiger partial charge in [-0.2, -0.15) is 0 Å². The Bertz CT molecular complexity index is 703. The summed E-state index contributed by atoms with van der Waals surface area (Å²) in [5.74, 6) is -2.46. The molecule has 1 aromatic heterocycles. The topological polar surface area (TPSA) is 72.9 Å². The van der Waals surface area contributed by atoms with E-state index in [9.17, 15) is 13.6 Å². The molecule has 7 heteroatoms. The maximum atomic E-state index is 14.0. The van der Waals surface area contributed by atoms with Gasteiger partial charge in [0, 0.05) is 5.54 Å². The number of anilines is 1. The van der Waals surface area contributed by atoms with Crippen LogP contribution >= 0.6 is 0 Å². The molecule has 2 rings (SSSR count). The van der Waals surface area contributed by atoms with Gasteiger partial charge in [-0.1, -0.05) is 0 Å². The molecule has 114 valence electrons. The minimum atomic E-state index is -1.06. The van der Waals surface area contributed by atoms with Crippen LogP contribution in [-0.4, -0.2) is 21.0 Å². The van der Waals surface area contributed by atoms with E-state index in [2.05, 4.69) is 10.3 Å². The Morgan fingerprint density at radius 1 is 1.38 bits per heavy atom. The summed E-state index contributed by atoms with van der Waals surface area (Å²) in [5, 5.41) is 2.77. The molecule has 0 aliphatic carbocycles. The molecular formula is C14H18F2N4O. The average Bonchev–Trinajstić information content (AvgIpc) is 2.68. The van der Waals surface area contributed by atoms with E-state index >= 15 is 0 Å². The zero-order valence-electron chi connectivity index (χ0n) is 12.4. The molecule has 0 aliphatic heterocycles. The fourth-order valence-electron chi connectivity index (χ4n) is 2.12. The van der Waals surface area contributed by atoms with Gasteiger partial charge < -0.3 is 11.1 Å². The van der Waals surface area contributed by atoms with E-state index < -0.39 is 23.2 Å². The smallest absolute Gasteiger partial charge is 0.243 e. The van der Waals surface area contributed by atoms with E-state index in [0.717, 1.165) is 6.07 Å². The number of fused-ring (bicyclic) bond motifs is 1. The number of carbonyl (C=O) groups is 1. The summed E-state index contributed by atoms with van der Waals surface area (Å²) < 4.78 is 28.6. The summed E-state index contributed by atoms with van der Waals surface area (Å²) in [4.78, 5) is 16.2. The Hall–Kier alpha value is -2.18. The summed E-state index contributed by atoms with van der Waals surface area (Å²) in [7, 11) is 0. The first kappa shape index (κ1) is 15.2. The van der Waals surface area contributed by atoms with Crippen molar-refractivity contribution in [1.82, 2.24) is 14.9 Å². The van der Waals surface area contributed by atoms with Crippen LogP contribution in [0.3, 0.4) is 0 Å². The number of benzene rings is 1. The van der Waals surface area contributed by atoms with Crippen molar-refractivity contribution in [3.63, 3.8) is 0 Å². The van der Waals surface area contributed by atoms with Crippen LogP contribution < -0.4 is 11.1 Å². The molecular weight excluding hydrogens is 278 g/mol. The molecule has 1 unspecified atom stereocenters. The van der Waals surface area contributed by atoms with Crippen LogP contribution in [0.4, 0.5) is 14.7 Å². The number of imidazole rings is 1. The van der Waals surface area contributed by atoms with Gasteiger partial charge in [0.05, 0.1) is 5.52 Å². The Kier molecular flexibility index (Phi) is 3.61. The highest BCUT2D eigenvalue weighted by Gasteiger charge is 2.26. The number of rotatable bonds is 2. The number of carbonyl (C=O) groups excluding carboxylic acids is 1. The van der Waals surface area contributed by atoms with Crippen molar-refractivity contribution in [2.45, 2.75) is 39.3 Å². The van der Waals surface area contributed by atoms with Gasteiger partial charge in [0.15, 0.2) is 11.6 Å². The molecule has 1 heterocycles. The number of hydrogen-bond acceptors (Lipinski definition) is 3. The van der Waals surface area contributed by atoms with Crippen molar-refractivity contribution >= 4 is 22.9 Å². The van der Waals surface area contributed by atoms with Crippen molar-refractivity contribution in [3.8, 4) is 0 Å². The molecule has 0 spiro atoms. The number of aromatic nitrogens is 2. The molecule has 5 nitrogen and oxygen atoms in total. The minimum Gasteiger partial charge on any atom is -0.369 e. The number of nitrogens with zero attached hydrogens (tertiary/aromatic N) is 2. The van der Waals surface area contributed by atoms with E-state index in [1.807, 2.05) is 20.8 Å². The summed E-state index contributed by atoms with van der Waals surface area (Å²) in [6.07, 6.45) is 0. The number of amides is 1. The standard InChI is InChI=1S/C14H18F2N4O/c1-7(12(21)19-14(2,3)4)20-11-9(18-13(20)17)6-5-8(15)10(11)16/h5-7H,1-4H3,(H2,17,18)(H,19,21). The largest absolute Gasteiger partial charge is 0.369 e. The van der Waals surface area contributed by atoms with E-state index in [-0.39, 0.29) is 22.9 Å². The first-order valence-electron chi connectivity index (χ1n) is 6.55. The lowest BCUT2D eigenvalue weighted by molar-refractivity contribution is -0.125. The van der Waals surface area contributed by atoms with E-state index in [0.29, 0.717) is 0 Å². The van der Waals surface area contributed by atoms with Crippen LogP contribution in [0, 0.1) is 11.6 Å². The van der Waals surface area contributed by atoms with Gasteiger partial charge in [0.25, 0.3) is 0 Å². The highest BCUT2D eigenvalue weighted by Crippen LogP contribution is 2.27. The van der Waals surface area contributed by atoms with Gasteiger partial charge in [-0.05, 0) is 39.8 Å². The molecule has 1 atom stereocenters. The van der Waals surface area contributed by atoms with Crippen molar-refractivity contribution in [3.05, 3.63) is 23.8 Å². The van der Waals surface area contributed by atoms with Crippen LogP contribution in [-0.2, 0) is 4.79 Å². The minimum absolute atomic E-state index is 0.0361. The molecule has 0 radical (unpaired) electrons. The quantitative estimate of drug-likeness (QED) is 0.893. The van der Waals surface area contributed by atoms with Gasteiger partial charge in [0.2, 0.25) is 11.9 Å². The maximum absolute atomic E-state index is 14.0. The fraction of sp³-hybridized carbons (Fsp3) is 0.429. The molecule has 3 N–H and O–H groups in total. The molecule has 2 aromatic rings. The Morgan fingerprint density at radius 2 is 2.00 bits per heavy atom. The molecule has 0 bridgehead atoms. The zero-order valence-corrected chi connectivity index (χ0v) is 12.4. The monoisotopic (exact) mass is 296 g/mol. The van der Waals surface area contributed by atoms with Crippen molar-refractivity contribution in [2.75, 3.05) is 5.73 Å². The number of nitrogens with one attached hydrogen (secondary N) is 1. The fourth-order valence-corrected chi connectivity index (χ4v) is 2.12. The molecule has 0 aliphatic rings.